The van der Waals surface area contributed by atoms with Crippen molar-refractivity contribution in [2.45, 2.75) is 39.1 Å². The first-order chi connectivity index (χ1) is 8.78. The zero-order chi connectivity index (χ0) is 14.6. The van der Waals surface area contributed by atoms with Crippen molar-refractivity contribution >= 4 is 21.4 Å². The third kappa shape index (κ3) is 4.27. The average Bonchev–Trinajstić information content (AvgIpc) is 2.75. The molecule has 0 aliphatic heterocycles. The molecule has 1 aromatic rings. The Kier molecular flexibility index (Phi) is 5.98. The Bertz CT molecular complexity index is 482. The molecule has 19 heavy (non-hydrogen) atoms. The minimum Gasteiger partial charge on any atom is -0.326 e. The highest BCUT2D eigenvalue weighted by Gasteiger charge is 2.28. The lowest BCUT2D eigenvalue weighted by Crippen LogP contribution is -2.37. The molecule has 2 N–H and O–H groups in total. The van der Waals surface area contributed by atoms with Crippen LogP contribution in [0.4, 0.5) is 0 Å². The van der Waals surface area contributed by atoms with Crippen molar-refractivity contribution in [3.63, 3.8) is 0 Å². The van der Waals surface area contributed by atoms with E-state index in [1.54, 1.807) is 15.8 Å². The third-order valence-corrected chi connectivity index (χ3v) is 5.63. The van der Waals surface area contributed by atoms with Crippen LogP contribution < -0.4 is 5.73 Å². The number of sulfonamides is 1. The first-order valence-electron chi connectivity index (χ1n) is 6.55. The minimum absolute atomic E-state index is 0.267. The van der Waals surface area contributed by atoms with E-state index in [0.29, 0.717) is 29.8 Å². The van der Waals surface area contributed by atoms with Crippen LogP contribution in [-0.4, -0.2) is 25.8 Å². The van der Waals surface area contributed by atoms with Gasteiger partial charge in [-0.15, -0.1) is 11.3 Å². The van der Waals surface area contributed by atoms with Gasteiger partial charge in [0.25, 0.3) is 0 Å². The SMILES string of the molecule is CC(C)CN(CC(C)C)S(=O)(=O)c1ccsc1CN. The molecule has 0 aliphatic rings. The first-order valence-corrected chi connectivity index (χ1v) is 8.87. The van der Waals surface area contributed by atoms with E-state index in [1.807, 2.05) is 27.7 Å². The van der Waals surface area contributed by atoms with Crippen molar-refractivity contribution < 1.29 is 8.42 Å². The fraction of sp³-hybridized carbons (Fsp3) is 0.692. The van der Waals surface area contributed by atoms with Gasteiger partial charge in [0.1, 0.15) is 0 Å². The van der Waals surface area contributed by atoms with Crippen molar-refractivity contribution in [2.24, 2.45) is 17.6 Å². The monoisotopic (exact) mass is 304 g/mol. The topological polar surface area (TPSA) is 63.4 Å². The van der Waals surface area contributed by atoms with Crippen LogP contribution in [0.3, 0.4) is 0 Å². The van der Waals surface area contributed by atoms with Crippen LogP contribution in [0, 0.1) is 11.8 Å². The molecule has 110 valence electrons. The van der Waals surface area contributed by atoms with Crippen LogP contribution in [0.25, 0.3) is 0 Å². The predicted octanol–water partition coefficient (Wildman–Crippen LogP) is 2.51. The Labute approximate surface area is 120 Å². The number of rotatable bonds is 7. The molecule has 0 aliphatic carbocycles. The van der Waals surface area contributed by atoms with Gasteiger partial charge in [-0.3, -0.25) is 0 Å². The summed E-state index contributed by atoms with van der Waals surface area (Å²) >= 11 is 1.40. The maximum Gasteiger partial charge on any atom is 0.244 e. The van der Waals surface area contributed by atoms with Crippen molar-refractivity contribution in [3.05, 3.63) is 16.3 Å². The summed E-state index contributed by atoms with van der Waals surface area (Å²) in [5.74, 6) is 0.599. The minimum atomic E-state index is -3.43. The summed E-state index contributed by atoms with van der Waals surface area (Å²) in [6, 6.07) is 1.66. The van der Waals surface area contributed by atoms with Crippen LogP contribution in [0.15, 0.2) is 16.3 Å². The van der Waals surface area contributed by atoms with Gasteiger partial charge < -0.3 is 5.73 Å². The molecule has 0 radical (unpaired) electrons. The molecule has 0 bridgehead atoms. The normalized spacial score (nSPS) is 12.8. The number of hydrogen-bond donors (Lipinski definition) is 1. The Morgan fingerprint density at radius 2 is 1.74 bits per heavy atom. The molecule has 1 aromatic heterocycles. The maximum absolute atomic E-state index is 12.7. The summed E-state index contributed by atoms with van der Waals surface area (Å²) in [5, 5.41) is 1.79. The highest BCUT2D eigenvalue weighted by Crippen LogP contribution is 2.26. The van der Waals surface area contributed by atoms with Crippen LogP contribution >= 0.6 is 11.3 Å². The third-order valence-electron chi connectivity index (χ3n) is 2.65. The Balaban J connectivity index is 3.11. The second kappa shape index (κ2) is 6.83. The highest BCUT2D eigenvalue weighted by molar-refractivity contribution is 7.89. The summed E-state index contributed by atoms with van der Waals surface area (Å²) in [4.78, 5) is 1.11. The summed E-state index contributed by atoms with van der Waals surface area (Å²) in [5.41, 5.74) is 5.62. The van der Waals surface area contributed by atoms with E-state index in [1.165, 1.54) is 11.3 Å². The molecule has 1 heterocycles. The average molecular weight is 304 g/mol. The summed E-state index contributed by atoms with van der Waals surface area (Å²) < 4.78 is 27.0. The fourth-order valence-electron chi connectivity index (χ4n) is 1.93. The van der Waals surface area contributed by atoms with Crippen molar-refractivity contribution in [3.8, 4) is 0 Å². The van der Waals surface area contributed by atoms with E-state index in [-0.39, 0.29) is 6.54 Å². The van der Waals surface area contributed by atoms with Gasteiger partial charge in [0.05, 0.1) is 4.90 Å². The van der Waals surface area contributed by atoms with E-state index in [4.69, 9.17) is 5.73 Å². The number of hydrogen-bond acceptors (Lipinski definition) is 4. The second-order valence-electron chi connectivity index (χ2n) is 5.52. The molecule has 0 atom stereocenters. The van der Waals surface area contributed by atoms with Gasteiger partial charge in [-0.2, -0.15) is 4.31 Å². The van der Waals surface area contributed by atoms with Crippen LogP contribution in [0.2, 0.25) is 0 Å². The van der Waals surface area contributed by atoms with Crippen LogP contribution in [0.1, 0.15) is 32.6 Å². The molecule has 0 fully saturated rings. The largest absolute Gasteiger partial charge is 0.326 e. The van der Waals surface area contributed by atoms with Gasteiger partial charge in [-0.1, -0.05) is 27.7 Å². The molecule has 4 nitrogen and oxygen atoms in total. The predicted molar refractivity (Wildman–Crippen MR) is 80.6 cm³/mol. The van der Waals surface area contributed by atoms with Gasteiger partial charge in [0.15, 0.2) is 0 Å². The molecular formula is C13H24N2O2S2. The lowest BCUT2D eigenvalue weighted by molar-refractivity contribution is 0.333. The smallest absolute Gasteiger partial charge is 0.244 e. The lowest BCUT2D eigenvalue weighted by atomic mass is 10.2. The van der Waals surface area contributed by atoms with Gasteiger partial charge in [0, 0.05) is 24.5 Å². The Morgan fingerprint density at radius 3 is 2.16 bits per heavy atom. The van der Waals surface area contributed by atoms with Gasteiger partial charge in [-0.05, 0) is 23.3 Å². The van der Waals surface area contributed by atoms with Crippen LogP contribution in [-0.2, 0) is 16.6 Å². The van der Waals surface area contributed by atoms with Crippen molar-refractivity contribution in [1.82, 2.24) is 4.31 Å². The van der Waals surface area contributed by atoms with E-state index < -0.39 is 10.0 Å². The van der Waals surface area contributed by atoms with Gasteiger partial charge in [0.2, 0.25) is 10.0 Å². The van der Waals surface area contributed by atoms with Crippen LogP contribution in [0.5, 0.6) is 0 Å². The molecule has 1 rings (SSSR count). The van der Waals surface area contributed by atoms with Crippen molar-refractivity contribution in [1.29, 1.82) is 0 Å². The second-order valence-corrected chi connectivity index (χ2v) is 8.43. The summed E-state index contributed by atoms with van der Waals surface area (Å²) in [7, 11) is -3.43. The molecular weight excluding hydrogens is 280 g/mol. The summed E-state index contributed by atoms with van der Waals surface area (Å²) in [6.45, 7) is 9.46. The maximum atomic E-state index is 12.7. The zero-order valence-electron chi connectivity index (χ0n) is 12.1. The number of nitrogens with two attached hydrogens (primary N) is 1. The van der Waals surface area contributed by atoms with Crippen molar-refractivity contribution in [2.75, 3.05) is 13.1 Å². The van der Waals surface area contributed by atoms with E-state index >= 15 is 0 Å². The number of thiophene rings is 1. The van der Waals surface area contributed by atoms with E-state index in [0.717, 1.165) is 4.88 Å². The van der Waals surface area contributed by atoms with Gasteiger partial charge >= 0.3 is 0 Å². The number of nitrogens with zero attached hydrogens (tertiary/aromatic N) is 1. The molecule has 0 saturated heterocycles. The first kappa shape index (κ1) is 16.6. The van der Waals surface area contributed by atoms with Gasteiger partial charge in [-0.25, -0.2) is 8.42 Å². The molecule has 0 aromatic carbocycles. The van der Waals surface area contributed by atoms with E-state index in [9.17, 15) is 8.42 Å². The Morgan fingerprint density at radius 1 is 1.21 bits per heavy atom. The lowest BCUT2D eigenvalue weighted by Gasteiger charge is -2.25. The molecule has 0 amide bonds. The molecule has 0 spiro atoms. The summed E-state index contributed by atoms with van der Waals surface area (Å²) in [6.07, 6.45) is 0. The molecule has 0 unspecified atom stereocenters. The quantitative estimate of drug-likeness (QED) is 0.842. The zero-order valence-corrected chi connectivity index (χ0v) is 13.7. The highest BCUT2D eigenvalue weighted by atomic mass is 32.2. The standard InChI is InChI=1S/C13H24N2O2S2/c1-10(2)8-15(9-11(3)4)19(16,17)13-5-6-18-12(13)7-14/h5-6,10-11H,7-9,14H2,1-4H3. The molecule has 6 heteroatoms. The Hall–Kier alpha value is -0.430. The fourth-order valence-corrected chi connectivity index (χ4v) is 5.01. The molecule has 0 saturated carbocycles. The van der Waals surface area contributed by atoms with E-state index in [2.05, 4.69) is 0 Å².